The predicted octanol–water partition coefficient (Wildman–Crippen LogP) is 2.51. The predicted molar refractivity (Wildman–Crippen MR) is 100 cm³/mol. The van der Waals surface area contributed by atoms with E-state index in [1.807, 2.05) is 30.3 Å². The molecule has 0 atom stereocenters. The van der Waals surface area contributed by atoms with Crippen molar-refractivity contribution in [1.29, 1.82) is 0 Å². The van der Waals surface area contributed by atoms with Crippen molar-refractivity contribution in [1.82, 2.24) is 15.0 Å². The van der Waals surface area contributed by atoms with Gasteiger partial charge in [0.15, 0.2) is 0 Å². The lowest BCUT2D eigenvalue weighted by molar-refractivity contribution is 0.102. The largest absolute Gasteiger partial charge is 0.370 e. The topological polar surface area (TPSA) is 92.3 Å². The van der Waals surface area contributed by atoms with Gasteiger partial charge in [0.1, 0.15) is 5.84 Å². The van der Waals surface area contributed by atoms with E-state index >= 15 is 0 Å². The molecule has 0 aliphatic carbocycles. The highest BCUT2D eigenvalue weighted by Crippen LogP contribution is 2.08. The number of pyridine rings is 1. The summed E-state index contributed by atoms with van der Waals surface area (Å²) in [7, 11) is 1.64. The molecule has 0 spiro atoms. The van der Waals surface area contributed by atoms with E-state index < -0.39 is 5.95 Å². The Morgan fingerprint density at radius 3 is 2.78 bits per heavy atom. The average molecular weight is 367 g/mol. The van der Waals surface area contributed by atoms with E-state index in [9.17, 15) is 9.18 Å². The average Bonchev–Trinajstić information content (AvgIpc) is 2.68. The van der Waals surface area contributed by atoms with Gasteiger partial charge < -0.3 is 10.1 Å². The first-order valence-corrected chi connectivity index (χ1v) is 8.22. The van der Waals surface area contributed by atoms with Gasteiger partial charge in [-0.1, -0.05) is 36.4 Å². The summed E-state index contributed by atoms with van der Waals surface area (Å²) in [5.41, 5.74) is 1.28. The molecule has 0 unspecified atom stereocenters. The number of nitrogens with one attached hydrogen (secondary N) is 2. The van der Waals surface area contributed by atoms with Gasteiger partial charge in [0.05, 0.1) is 18.9 Å². The quantitative estimate of drug-likeness (QED) is 0.397. The minimum Gasteiger partial charge on any atom is -0.370 e. The monoisotopic (exact) mass is 367 g/mol. The maximum Gasteiger partial charge on any atom is 0.252 e. The molecule has 2 heterocycles. The Labute approximate surface area is 155 Å². The zero-order valence-corrected chi connectivity index (χ0v) is 14.6. The normalized spacial score (nSPS) is 11.4. The Hall–Kier alpha value is -3.39. The second kappa shape index (κ2) is 8.81. The number of aromatic amines is 1. The minimum absolute atomic E-state index is 0.0304. The Morgan fingerprint density at radius 1 is 1.22 bits per heavy atom. The van der Waals surface area contributed by atoms with E-state index in [0.29, 0.717) is 17.1 Å². The van der Waals surface area contributed by atoms with E-state index in [1.54, 1.807) is 19.2 Å². The molecular weight excluding hydrogens is 349 g/mol. The number of benzene rings is 1. The standard InChI is InChI=1S/C19H18FN5O2/c1-21-18(13-6-3-2-4-7-13)25-19-23-15(10-16(26)24-19)12-27-11-14-8-5-9-22-17(14)20/h2-10H,11-12H2,1H3,(H2,21,23,24,25,26). The molecule has 0 aliphatic rings. The number of halogens is 1. The van der Waals surface area contributed by atoms with Crippen LogP contribution in [0.2, 0.25) is 0 Å². The van der Waals surface area contributed by atoms with Gasteiger partial charge in [0, 0.05) is 30.4 Å². The third-order valence-electron chi connectivity index (χ3n) is 3.65. The van der Waals surface area contributed by atoms with Crippen LogP contribution in [0.5, 0.6) is 0 Å². The molecule has 0 saturated carbocycles. The molecule has 0 aliphatic heterocycles. The minimum atomic E-state index is -0.578. The molecule has 1 aromatic carbocycles. The highest BCUT2D eigenvalue weighted by Gasteiger charge is 2.08. The first kappa shape index (κ1) is 18.4. The van der Waals surface area contributed by atoms with Crippen molar-refractivity contribution < 1.29 is 9.13 Å². The number of rotatable bonds is 6. The molecular formula is C19H18FN5O2. The summed E-state index contributed by atoms with van der Waals surface area (Å²) >= 11 is 0. The van der Waals surface area contributed by atoms with Crippen molar-refractivity contribution >= 4 is 11.8 Å². The Kier molecular flexibility index (Phi) is 6.01. The smallest absolute Gasteiger partial charge is 0.252 e. The summed E-state index contributed by atoms with van der Waals surface area (Å²) in [4.78, 5) is 26.6. The van der Waals surface area contributed by atoms with Gasteiger partial charge in [-0.15, -0.1) is 0 Å². The molecule has 138 valence electrons. The number of nitrogens with zero attached hydrogens (tertiary/aromatic N) is 3. The number of hydrogen-bond donors (Lipinski definition) is 2. The van der Waals surface area contributed by atoms with Crippen LogP contribution in [-0.2, 0) is 18.0 Å². The third kappa shape index (κ3) is 5.05. The van der Waals surface area contributed by atoms with Crippen molar-refractivity contribution in [3.63, 3.8) is 0 Å². The van der Waals surface area contributed by atoms with Gasteiger partial charge in [0.2, 0.25) is 11.9 Å². The number of hydrogen-bond acceptors (Lipinski definition) is 5. The SMILES string of the molecule is CN=C(Nc1nc(COCc2cccnc2F)cc(=O)[nH]1)c1ccccc1. The van der Waals surface area contributed by atoms with Gasteiger partial charge in [0.25, 0.3) is 5.56 Å². The molecule has 7 nitrogen and oxygen atoms in total. The van der Waals surface area contributed by atoms with Crippen LogP contribution in [0.1, 0.15) is 16.8 Å². The summed E-state index contributed by atoms with van der Waals surface area (Å²) in [5.74, 6) is 0.234. The van der Waals surface area contributed by atoms with Crippen molar-refractivity contribution in [2.75, 3.05) is 12.4 Å². The summed E-state index contributed by atoms with van der Waals surface area (Å²) in [5, 5.41) is 3.00. The lowest BCUT2D eigenvalue weighted by Gasteiger charge is -2.10. The Bertz CT molecular complexity index is 989. The van der Waals surface area contributed by atoms with Crippen molar-refractivity contribution in [3.05, 3.63) is 87.9 Å². The molecule has 2 N–H and O–H groups in total. The van der Waals surface area contributed by atoms with Crippen molar-refractivity contribution in [2.45, 2.75) is 13.2 Å². The van der Waals surface area contributed by atoms with Gasteiger partial charge in [-0.25, -0.2) is 9.97 Å². The second-order valence-electron chi connectivity index (χ2n) is 5.59. The molecule has 0 radical (unpaired) electrons. The first-order valence-electron chi connectivity index (χ1n) is 8.22. The second-order valence-corrected chi connectivity index (χ2v) is 5.59. The number of amidine groups is 1. The van der Waals surface area contributed by atoms with Crippen LogP contribution in [0.4, 0.5) is 10.3 Å². The van der Waals surface area contributed by atoms with E-state index in [0.717, 1.165) is 5.56 Å². The summed E-state index contributed by atoms with van der Waals surface area (Å²) < 4.78 is 19.0. The maximum atomic E-state index is 13.5. The highest BCUT2D eigenvalue weighted by atomic mass is 19.1. The molecule has 27 heavy (non-hydrogen) atoms. The van der Waals surface area contributed by atoms with Crippen LogP contribution in [0.15, 0.2) is 64.5 Å². The number of aromatic nitrogens is 3. The van der Waals surface area contributed by atoms with E-state index in [-0.39, 0.29) is 24.7 Å². The number of anilines is 1. The summed E-state index contributed by atoms with van der Waals surface area (Å²) in [6.07, 6.45) is 1.37. The highest BCUT2D eigenvalue weighted by molar-refractivity contribution is 6.07. The van der Waals surface area contributed by atoms with Crippen molar-refractivity contribution in [2.24, 2.45) is 4.99 Å². The van der Waals surface area contributed by atoms with E-state index in [2.05, 4.69) is 25.3 Å². The van der Waals surface area contributed by atoms with Gasteiger partial charge >= 0.3 is 0 Å². The van der Waals surface area contributed by atoms with Crippen molar-refractivity contribution in [3.8, 4) is 0 Å². The van der Waals surface area contributed by atoms with Gasteiger partial charge in [-0.2, -0.15) is 4.39 Å². The molecule has 0 amide bonds. The van der Waals surface area contributed by atoms with Crippen LogP contribution < -0.4 is 10.9 Å². The Balaban J connectivity index is 1.69. The van der Waals surface area contributed by atoms with E-state index in [4.69, 9.17) is 4.74 Å². The fraction of sp³-hybridized carbons (Fsp3) is 0.158. The number of ether oxygens (including phenoxy) is 1. The molecule has 2 aromatic heterocycles. The molecule has 8 heteroatoms. The van der Waals surface area contributed by atoms with Crippen LogP contribution >= 0.6 is 0 Å². The Morgan fingerprint density at radius 2 is 2.04 bits per heavy atom. The molecule has 0 fully saturated rings. The van der Waals surface area contributed by atoms with Crippen LogP contribution in [-0.4, -0.2) is 27.8 Å². The van der Waals surface area contributed by atoms with Crippen LogP contribution in [0, 0.1) is 5.95 Å². The third-order valence-corrected chi connectivity index (χ3v) is 3.65. The summed E-state index contributed by atoms with van der Waals surface area (Å²) in [6.45, 7) is 0.0828. The van der Waals surface area contributed by atoms with Crippen LogP contribution in [0.25, 0.3) is 0 Å². The molecule has 0 saturated heterocycles. The fourth-order valence-electron chi connectivity index (χ4n) is 2.40. The summed E-state index contributed by atoms with van der Waals surface area (Å²) in [6, 6.07) is 14.0. The molecule has 3 aromatic rings. The lowest BCUT2D eigenvalue weighted by atomic mass is 10.2. The lowest BCUT2D eigenvalue weighted by Crippen LogP contribution is -2.20. The number of aliphatic imine (C=N–C) groups is 1. The van der Waals surface area contributed by atoms with E-state index in [1.165, 1.54) is 12.3 Å². The zero-order valence-electron chi connectivity index (χ0n) is 14.6. The first-order chi connectivity index (χ1) is 13.2. The maximum absolute atomic E-state index is 13.5. The fourth-order valence-corrected chi connectivity index (χ4v) is 2.40. The zero-order chi connectivity index (χ0) is 19.1. The van der Waals surface area contributed by atoms with Gasteiger partial charge in [-0.05, 0) is 6.07 Å². The van der Waals surface area contributed by atoms with Crippen LogP contribution in [0.3, 0.4) is 0 Å². The molecule has 3 rings (SSSR count). The number of H-pyrrole nitrogens is 1. The molecule has 0 bridgehead atoms. The van der Waals surface area contributed by atoms with Gasteiger partial charge in [-0.3, -0.25) is 14.8 Å².